The highest BCUT2D eigenvalue weighted by atomic mass is 79.9. The van der Waals surface area contributed by atoms with E-state index in [0.29, 0.717) is 6.04 Å². The number of furan rings is 1. The van der Waals surface area contributed by atoms with Crippen molar-refractivity contribution in [3.8, 4) is 0 Å². The quantitative estimate of drug-likeness (QED) is 0.920. The third-order valence-electron chi connectivity index (χ3n) is 2.67. The van der Waals surface area contributed by atoms with Gasteiger partial charge >= 0.3 is 0 Å². The summed E-state index contributed by atoms with van der Waals surface area (Å²) in [5.74, 6) is 0.965. The van der Waals surface area contributed by atoms with Crippen LogP contribution in [0.2, 0.25) is 0 Å². The Balaban J connectivity index is 1.88. The first-order chi connectivity index (χ1) is 7.25. The zero-order chi connectivity index (χ0) is 10.7. The van der Waals surface area contributed by atoms with Crippen LogP contribution in [0.25, 0.3) is 0 Å². The molecule has 2 atom stereocenters. The zero-order valence-electron chi connectivity index (χ0n) is 8.83. The van der Waals surface area contributed by atoms with E-state index >= 15 is 0 Å². The summed E-state index contributed by atoms with van der Waals surface area (Å²) in [5, 5.41) is 3.51. The van der Waals surface area contributed by atoms with Crippen LogP contribution in [-0.2, 0) is 4.74 Å². The molecule has 1 saturated heterocycles. The molecule has 0 aliphatic carbocycles. The zero-order valence-corrected chi connectivity index (χ0v) is 10.4. The number of rotatable bonds is 3. The van der Waals surface area contributed by atoms with E-state index in [0.717, 1.165) is 30.1 Å². The molecular weight excluding hydrogens is 258 g/mol. The highest BCUT2D eigenvalue weighted by molar-refractivity contribution is 9.10. The van der Waals surface area contributed by atoms with Gasteiger partial charge in [0.05, 0.1) is 12.6 Å². The third kappa shape index (κ3) is 3.06. The molecule has 0 aromatic carbocycles. The van der Waals surface area contributed by atoms with Crippen molar-refractivity contribution in [1.82, 2.24) is 5.32 Å². The van der Waals surface area contributed by atoms with Gasteiger partial charge in [-0.15, -0.1) is 0 Å². The largest absolute Gasteiger partial charge is 0.453 e. The van der Waals surface area contributed by atoms with Gasteiger partial charge in [-0.25, -0.2) is 0 Å². The average Bonchev–Trinajstić information content (AvgIpc) is 2.66. The summed E-state index contributed by atoms with van der Waals surface area (Å²) >= 11 is 3.31. The van der Waals surface area contributed by atoms with Gasteiger partial charge in [0, 0.05) is 12.6 Å². The van der Waals surface area contributed by atoms with E-state index in [2.05, 4.69) is 28.2 Å². The van der Waals surface area contributed by atoms with Gasteiger partial charge in [-0.2, -0.15) is 0 Å². The van der Waals surface area contributed by atoms with E-state index < -0.39 is 0 Å². The maximum atomic E-state index is 5.50. The van der Waals surface area contributed by atoms with Gasteiger partial charge in [0.2, 0.25) is 0 Å². The molecule has 84 valence electrons. The minimum atomic E-state index is 0.239. The van der Waals surface area contributed by atoms with Crippen molar-refractivity contribution < 1.29 is 9.15 Å². The fourth-order valence-electron chi connectivity index (χ4n) is 1.87. The van der Waals surface area contributed by atoms with Crippen molar-refractivity contribution in [2.24, 2.45) is 0 Å². The van der Waals surface area contributed by atoms with Crippen LogP contribution in [0.3, 0.4) is 0 Å². The summed E-state index contributed by atoms with van der Waals surface area (Å²) in [4.78, 5) is 0. The Morgan fingerprint density at radius 2 is 2.40 bits per heavy atom. The van der Waals surface area contributed by atoms with Crippen LogP contribution < -0.4 is 5.32 Å². The average molecular weight is 274 g/mol. The van der Waals surface area contributed by atoms with Crippen molar-refractivity contribution in [3.05, 3.63) is 22.6 Å². The van der Waals surface area contributed by atoms with E-state index in [1.54, 1.807) is 0 Å². The first-order valence-corrected chi connectivity index (χ1v) is 6.14. The molecule has 15 heavy (non-hydrogen) atoms. The Morgan fingerprint density at radius 3 is 3.00 bits per heavy atom. The van der Waals surface area contributed by atoms with Gasteiger partial charge in [-0.1, -0.05) is 0 Å². The standard InChI is InChI=1S/C11H16BrNO2/c1-8(10-4-5-11(12)15-10)13-9-3-2-6-14-7-9/h4-5,8-9,13H,2-3,6-7H2,1H3. The second-order valence-electron chi connectivity index (χ2n) is 3.94. The molecule has 1 aromatic heterocycles. The number of nitrogens with one attached hydrogen (secondary N) is 1. The smallest absolute Gasteiger partial charge is 0.169 e. The summed E-state index contributed by atoms with van der Waals surface area (Å²) in [6.45, 7) is 3.82. The van der Waals surface area contributed by atoms with E-state index in [9.17, 15) is 0 Å². The van der Waals surface area contributed by atoms with Gasteiger partial charge < -0.3 is 14.5 Å². The second-order valence-corrected chi connectivity index (χ2v) is 4.73. The fraction of sp³-hybridized carbons (Fsp3) is 0.636. The van der Waals surface area contributed by atoms with E-state index in [1.807, 2.05) is 12.1 Å². The molecule has 4 heteroatoms. The maximum absolute atomic E-state index is 5.50. The molecule has 0 amide bonds. The predicted octanol–water partition coefficient (Wildman–Crippen LogP) is 2.87. The Hall–Kier alpha value is -0.320. The first kappa shape index (κ1) is 11.2. The summed E-state index contributed by atoms with van der Waals surface area (Å²) < 4.78 is 11.7. The third-order valence-corrected chi connectivity index (χ3v) is 3.09. The lowest BCUT2D eigenvalue weighted by Gasteiger charge is -2.25. The van der Waals surface area contributed by atoms with Crippen molar-refractivity contribution in [1.29, 1.82) is 0 Å². The van der Waals surface area contributed by atoms with E-state index in [4.69, 9.17) is 9.15 Å². The number of hydrogen-bond donors (Lipinski definition) is 1. The summed E-state index contributed by atoms with van der Waals surface area (Å²) in [6, 6.07) is 4.61. The SMILES string of the molecule is CC(NC1CCCOC1)c1ccc(Br)o1. The molecule has 2 unspecified atom stereocenters. The monoisotopic (exact) mass is 273 g/mol. The Labute approximate surface area is 98.3 Å². The second kappa shape index (κ2) is 5.14. The fourth-order valence-corrected chi connectivity index (χ4v) is 2.19. The minimum absolute atomic E-state index is 0.239. The van der Waals surface area contributed by atoms with E-state index in [-0.39, 0.29) is 6.04 Å². The molecule has 3 nitrogen and oxygen atoms in total. The first-order valence-electron chi connectivity index (χ1n) is 5.35. The topological polar surface area (TPSA) is 34.4 Å². The van der Waals surface area contributed by atoms with Crippen LogP contribution >= 0.6 is 15.9 Å². The van der Waals surface area contributed by atoms with Crippen LogP contribution in [0.5, 0.6) is 0 Å². The molecule has 0 saturated carbocycles. The van der Waals surface area contributed by atoms with Gasteiger partial charge in [0.25, 0.3) is 0 Å². The van der Waals surface area contributed by atoms with Gasteiger partial charge in [0.15, 0.2) is 4.67 Å². The Bertz CT molecular complexity index is 307. The van der Waals surface area contributed by atoms with Gasteiger partial charge in [-0.3, -0.25) is 0 Å². The van der Waals surface area contributed by atoms with Crippen molar-refractivity contribution in [2.75, 3.05) is 13.2 Å². The number of halogens is 1. The molecule has 1 N–H and O–H groups in total. The molecule has 1 fully saturated rings. The van der Waals surface area contributed by atoms with Crippen LogP contribution in [0.1, 0.15) is 31.6 Å². The van der Waals surface area contributed by atoms with Crippen LogP contribution in [-0.4, -0.2) is 19.3 Å². The van der Waals surface area contributed by atoms with Crippen molar-refractivity contribution in [2.45, 2.75) is 31.8 Å². The molecule has 2 heterocycles. The van der Waals surface area contributed by atoms with Crippen LogP contribution in [0, 0.1) is 0 Å². The van der Waals surface area contributed by atoms with Crippen LogP contribution in [0.4, 0.5) is 0 Å². The number of hydrogen-bond acceptors (Lipinski definition) is 3. The van der Waals surface area contributed by atoms with Crippen LogP contribution in [0.15, 0.2) is 21.2 Å². The molecule has 1 aliphatic rings. The lowest BCUT2D eigenvalue weighted by atomic mass is 10.1. The summed E-state index contributed by atoms with van der Waals surface area (Å²) in [7, 11) is 0. The summed E-state index contributed by atoms with van der Waals surface area (Å²) in [5.41, 5.74) is 0. The molecule has 0 bridgehead atoms. The Morgan fingerprint density at radius 1 is 1.53 bits per heavy atom. The predicted molar refractivity (Wildman–Crippen MR) is 61.8 cm³/mol. The lowest BCUT2D eigenvalue weighted by molar-refractivity contribution is 0.0661. The molecule has 0 radical (unpaired) electrons. The number of ether oxygens (including phenoxy) is 1. The van der Waals surface area contributed by atoms with Crippen molar-refractivity contribution >= 4 is 15.9 Å². The van der Waals surface area contributed by atoms with Gasteiger partial charge in [-0.05, 0) is 47.8 Å². The molecule has 1 aromatic rings. The molecule has 1 aliphatic heterocycles. The van der Waals surface area contributed by atoms with E-state index in [1.165, 1.54) is 6.42 Å². The van der Waals surface area contributed by atoms with Gasteiger partial charge in [0.1, 0.15) is 5.76 Å². The highest BCUT2D eigenvalue weighted by Crippen LogP contribution is 2.21. The minimum Gasteiger partial charge on any atom is -0.453 e. The molecule has 2 rings (SSSR count). The van der Waals surface area contributed by atoms with Crippen molar-refractivity contribution in [3.63, 3.8) is 0 Å². The Kier molecular flexibility index (Phi) is 3.83. The molecule has 0 spiro atoms. The lowest BCUT2D eigenvalue weighted by Crippen LogP contribution is -2.38. The maximum Gasteiger partial charge on any atom is 0.169 e. The normalized spacial score (nSPS) is 24.0. The molecular formula is C11H16BrNO2. The highest BCUT2D eigenvalue weighted by Gasteiger charge is 2.18. The summed E-state index contributed by atoms with van der Waals surface area (Å²) in [6.07, 6.45) is 2.33.